The Kier molecular flexibility index (Phi) is 10.1. The number of aryl methyl sites for hydroxylation is 2. The lowest BCUT2D eigenvalue weighted by molar-refractivity contribution is -0.134. The van der Waals surface area contributed by atoms with Crippen molar-refractivity contribution in [2.45, 2.75) is 74.9 Å². The van der Waals surface area contributed by atoms with Gasteiger partial charge < -0.3 is 29.7 Å². The lowest BCUT2D eigenvalue weighted by Crippen LogP contribution is -2.44. The molecule has 18 heteroatoms. The zero-order valence-corrected chi connectivity index (χ0v) is 35.3. The number of benzene rings is 2. The predicted molar refractivity (Wildman–Crippen MR) is 229 cm³/mol. The molecular formula is C44H48ClF3N10O4. The second-order valence-electron chi connectivity index (χ2n) is 17.7. The van der Waals surface area contributed by atoms with Gasteiger partial charge >= 0.3 is 5.92 Å². The van der Waals surface area contributed by atoms with Crippen LogP contribution in [0, 0.1) is 11.8 Å². The van der Waals surface area contributed by atoms with Gasteiger partial charge in [-0.2, -0.15) is 10.1 Å². The molecule has 4 fully saturated rings. The Morgan fingerprint density at radius 2 is 1.71 bits per heavy atom. The normalized spacial score (nSPS) is 23.1. The van der Waals surface area contributed by atoms with Gasteiger partial charge in [-0.15, -0.1) is 0 Å². The van der Waals surface area contributed by atoms with Gasteiger partial charge in [-0.1, -0.05) is 23.7 Å². The third kappa shape index (κ3) is 7.39. The molecule has 3 saturated heterocycles. The molecule has 5 aliphatic rings. The van der Waals surface area contributed by atoms with E-state index in [2.05, 4.69) is 35.8 Å². The van der Waals surface area contributed by atoms with E-state index in [-0.39, 0.29) is 35.6 Å². The van der Waals surface area contributed by atoms with Gasteiger partial charge in [0.25, 0.3) is 5.56 Å². The molecule has 2 amide bonds. The van der Waals surface area contributed by atoms with Gasteiger partial charge in [0.2, 0.25) is 23.5 Å². The maximum Gasteiger partial charge on any atom is 0.301 e. The van der Waals surface area contributed by atoms with E-state index >= 15 is 13.2 Å². The maximum atomic E-state index is 16.6. The van der Waals surface area contributed by atoms with E-state index in [4.69, 9.17) is 21.3 Å². The van der Waals surface area contributed by atoms with E-state index in [1.807, 2.05) is 18.2 Å². The zero-order valence-electron chi connectivity index (χ0n) is 34.5. The predicted octanol–water partition coefficient (Wildman–Crippen LogP) is 6.53. The van der Waals surface area contributed by atoms with Gasteiger partial charge in [0.15, 0.2) is 12.4 Å². The first-order valence-corrected chi connectivity index (χ1v) is 21.8. The van der Waals surface area contributed by atoms with Crippen LogP contribution in [-0.2, 0) is 29.4 Å². The Balaban J connectivity index is 0.772. The standard InChI is InChI=1S/C44H48ClF3N10O4/c1-55-32-9-6-27(20-30(32)36-37(41(55)61)62-23-44(47,48)38(52-36)25-3-4-25)50-39-31(45)21-49-42(53-39)58-15-11-24(12-16-58)22-57-17-13-43(46,14-18-57)26-5-7-28-33(19-26)56(2)54-35(28)29-8-10-34(59)51-40(29)60/h5-7,9,19-21,24-25,29,38,52H,3-4,8,10-18,22-23H2,1-2H3,(H,49,50,53)(H,51,59,60). The minimum Gasteiger partial charge on any atom is -0.480 e. The number of alkyl halides is 3. The van der Waals surface area contributed by atoms with Crippen LogP contribution in [0.2, 0.25) is 5.02 Å². The summed E-state index contributed by atoms with van der Waals surface area (Å²) in [5, 5.41) is 15.0. The van der Waals surface area contributed by atoms with Crippen LogP contribution >= 0.6 is 11.6 Å². The number of imide groups is 1. The molecule has 14 nitrogen and oxygen atoms in total. The molecule has 1 saturated carbocycles. The number of pyridine rings is 1. The van der Waals surface area contributed by atoms with E-state index < -0.39 is 35.7 Å². The quantitative estimate of drug-likeness (QED) is 0.146. The first-order chi connectivity index (χ1) is 29.7. The lowest BCUT2D eigenvalue weighted by Gasteiger charge is -2.40. The number of aromatic nitrogens is 5. The first-order valence-electron chi connectivity index (χ1n) is 21.5. The minimum absolute atomic E-state index is 0.120. The molecule has 4 aliphatic heterocycles. The van der Waals surface area contributed by atoms with Crippen molar-refractivity contribution >= 4 is 68.4 Å². The van der Waals surface area contributed by atoms with Crippen LogP contribution < -0.4 is 31.1 Å². The van der Waals surface area contributed by atoms with E-state index in [0.29, 0.717) is 95.7 Å². The third-order valence-corrected chi connectivity index (χ3v) is 13.9. The SMILES string of the molecule is Cn1nc(C2CCC(=O)NC2=O)c2ccc(C3(F)CCN(CC4CCN(c5ncc(Cl)c(Nc6ccc7c(c6)c6c(c(=O)n7C)OCC(F)(F)C(C7CC7)N6)n5)CC4)CC3)cc21. The van der Waals surface area contributed by atoms with Gasteiger partial charge in [-0.25, -0.2) is 18.2 Å². The van der Waals surface area contributed by atoms with Crippen molar-refractivity contribution < 1.29 is 27.5 Å². The third-order valence-electron chi connectivity index (χ3n) is 13.6. The van der Waals surface area contributed by atoms with Gasteiger partial charge in [0, 0.05) is 69.7 Å². The van der Waals surface area contributed by atoms with Crippen molar-refractivity contribution in [2.24, 2.45) is 25.9 Å². The highest BCUT2D eigenvalue weighted by Crippen LogP contribution is 2.46. The summed E-state index contributed by atoms with van der Waals surface area (Å²) in [6.45, 7) is 2.78. The Bertz CT molecular complexity index is 2670. The summed E-state index contributed by atoms with van der Waals surface area (Å²) >= 11 is 6.62. The number of piperidine rings is 3. The largest absolute Gasteiger partial charge is 0.480 e. The summed E-state index contributed by atoms with van der Waals surface area (Å²) in [6.07, 6.45) is 6.21. The molecule has 2 aromatic carbocycles. The maximum absolute atomic E-state index is 16.6. The Labute approximate surface area is 360 Å². The Morgan fingerprint density at radius 3 is 2.45 bits per heavy atom. The molecule has 1 aliphatic carbocycles. The number of nitrogens with zero attached hydrogens (tertiary/aromatic N) is 7. The molecule has 2 unspecified atom stereocenters. The van der Waals surface area contributed by atoms with Crippen LogP contribution in [-0.4, -0.2) is 92.3 Å². The second-order valence-corrected chi connectivity index (χ2v) is 18.1. The number of carbonyl (C=O) groups is 2. The number of carbonyl (C=O) groups excluding carboxylic acids is 2. The number of hydrogen-bond donors (Lipinski definition) is 3. The average molecular weight is 873 g/mol. The molecule has 0 radical (unpaired) electrons. The molecule has 7 heterocycles. The highest BCUT2D eigenvalue weighted by atomic mass is 35.5. The van der Waals surface area contributed by atoms with Crippen molar-refractivity contribution in [1.29, 1.82) is 0 Å². The van der Waals surface area contributed by atoms with E-state index in [1.165, 1.54) is 4.57 Å². The molecule has 2 atom stereocenters. The van der Waals surface area contributed by atoms with Crippen LogP contribution in [0.15, 0.2) is 47.4 Å². The van der Waals surface area contributed by atoms with Crippen molar-refractivity contribution in [3.05, 3.63) is 69.2 Å². The lowest BCUT2D eigenvalue weighted by atomic mass is 9.84. The van der Waals surface area contributed by atoms with Crippen LogP contribution in [0.5, 0.6) is 5.75 Å². The summed E-state index contributed by atoms with van der Waals surface area (Å²) in [4.78, 5) is 51.4. The zero-order chi connectivity index (χ0) is 43.1. The molecule has 10 rings (SSSR count). The molecule has 62 heavy (non-hydrogen) atoms. The van der Waals surface area contributed by atoms with Crippen LogP contribution in [0.1, 0.15) is 68.5 Å². The van der Waals surface area contributed by atoms with Gasteiger partial charge in [0.05, 0.1) is 40.6 Å². The van der Waals surface area contributed by atoms with Crippen LogP contribution in [0.25, 0.3) is 21.8 Å². The number of fused-ring (bicyclic) bond motifs is 4. The summed E-state index contributed by atoms with van der Waals surface area (Å²) in [7, 11) is 3.39. The van der Waals surface area contributed by atoms with Gasteiger partial charge in [-0.3, -0.25) is 24.4 Å². The Morgan fingerprint density at radius 1 is 0.935 bits per heavy atom. The van der Waals surface area contributed by atoms with E-state index in [9.17, 15) is 14.4 Å². The molecule has 0 spiro atoms. The smallest absolute Gasteiger partial charge is 0.301 e. The summed E-state index contributed by atoms with van der Waals surface area (Å²) in [5.41, 5.74) is 1.47. The molecule has 0 bridgehead atoms. The van der Waals surface area contributed by atoms with Crippen molar-refractivity contribution in [3.8, 4) is 5.75 Å². The molecule has 3 aromatic heterocycles. The Hall–Kier alpha value is -5.42. The fourth-order valence-corrected chi connectivity index (χ4v) is 9.99. The summed E-state index contributed by atoms with van der Waals surface area (Å²) in [5.74, 6) is -3.23. The molecule has 3 N–H and O–H groups in total. The number of rotatable bonds is 8. The number of nitrogens with one attached hydrogen (secondary N) is 3. The monoisotopic (exact) mass is 872 g/mol. The summed E-state index contributed by atoms with van der Waals surface area (Å²) < 4.78 is 55.6. The molecular weight excluding hydrogens is 825 g/mol. The fourth-order valence-electron chi connectivity index (χ4n) is 9.86. The second kappa shape index (κ2) is 15.4. The topological polar surface area (TPSA) is 152 Å². The number of amides is 2. The number of halogens is 4. The molecule has 326 valence electrons. The first kappa shape index (κ1) is 40.6. The van der Waals surface area contributed by atoms with Crippen molar-refractivity contribution in [2.75, 3.05) is 54.9 Å². The van der Waals surface area contributed by atoms with Crippen molar-refractivity contribution in [1.82, 2.24) is 34.5 Å². The van der Waals surface area contributed by atoms with Gasteiger partial charge in [-0.05, 0) is 86.6 Å². The van der Waals surface area contributed by atoms with E-state index in [1.54, 1.807) is 43.2 Å². The highest BCUT2D eigenvalue weighted by Gasteiger charge is 2.51. The minimum atomic E-state index is -3.14. The number of anilines is 4. The average Bonchev–Trinajstić information content (AvgIpc) is 4.06. The van der Waals surface area contributed by atoms with E-state index in [0.717, 1.165) is 43.4 Å². The summed E-state index contributed by atoms with van der Waals surface area (Å²) in [6, 6.07) is 9.75. The number of ether oxygens (including phenoxy) is 1. The number of likely N-dealkylation sites (tertiary alicyclic amines) is 1. The van der Waals surface area contributed by atoms with Crippen LogP contribution in [0.4, 0.5) is 36.3 Å². The number of hydrogen-bond acceptors (Lipinski definition) is 11. The highest BCUT2D eigenvalue weighted by molar-refractivity contribution is 6.33. The fraction of sp³-hybridized carbons (Fsp3) is 0.500. The molecule has 5 aromatic rings. The van der Waals surface area contributed by atoms with Gasteiger partial charge in [0.1, 0.15) is 10.7 Å². The van der Waals surface area contributed by atoms with Crippen molar-refractivity contribution in [3.63, 3.8) is 0 Å². The van der Waals surface area contributed by atoms with Crippen LogP contribution in [0.3, 0.4) is 0 Å².